The Bertz CT molecular complexity index is 743. The molecule has 0 heterocycles. The van der Waals surface area contributed by atoms with E-state index in [1.54, 1.807) is 6.92 Å². The highest BCUT2D eigenvalue weighted by Gasteiger charge is 2.36. The third-order valence-corrected chi connectivity index (χ3v) is 5.15. The van der Waals surface area contributed by atoms with Crippen LogP contribution in [0.2, 0.25) is 0 Å². The van der Waals surface area contributed by atoms with Crippen LogP contribution in [-0.4, -0.2) is 40.7 Å². The molecule has 0 spiro atoms. The number of rotatable bonds is 7. The molecule has 0 saturated heterocycles. The zero-order valence-corrected chi connectivity index (χ0v) is 17.2. The summed E-state index contributed by atoms with van der Waals surface area (Å²) in [7, 11) is 0. The summed E-state index contributed by atoms with van der Waals surface area (Å²) in [5.74, 6) is -0.228. The van der Waals surface area contributed by atoms with Gasteiger partial charge in [-0.2, -0.15) is 0 Å². The topological polar surface area (TPSA) is 78.5 Å². The van der Waals surface area contributed by atoms with Gasteiger partial charge in [0.15, 0.2) is 0 Å². The summed E-state index contributed by atoms with van der Waals surface area (Å²) in [6.07, 6.45) is 4.11. The first kappa shape index (κ1) is 20.4. The normalized spacial score (nSPS) is 17.6. The van der Waals surface area contributed by atoms with E-state index in [0.717, 1.165) is 31.2 Å². The summed E-state index contributed by atoms with van der Waals surface area (Å²) < 4.78 is 0. The van der Waals surface area contributed by atoms with Crippen molar-refractivity contribution in [3.63, 3.8) is 0 Å². The molecular formula is C22H31N3O3. The largest absolute Gasteiger partial charge is 0.349 e. The van der Waals surface area contributed by atoms with Crippen molar-refractivity contribution >= 4 is 17.7 Å². The van der Waals surface area contributed by atoms with Crippen LogP contribution in [0.4, 0.5) is 0 Å². The lowest BCUT2D eigenvalue weighted by Crippen LogP contribution is -2.50. The van der Waals surface area contributed by atoms with Crippen LogP contribution < -0.4 is 10.6 Å². The van der Waals surface area contributed by atoms with E-state index in [-0.39, 0.29) is 23.8 Å². The van der Waals surface area contributed by atoms with Crippen molar-refractivity contribution in [1.82, 2.24) is 15.5 Å². The van der Waals surface area contributed by atoms with Gasteiger partial charge in [-0.15, -0.1) is 0 Å². The van der Waals surface area contributed by atoms with Crippen molar-refractivity contribution in [3.8, 4) is 0 Å². The number of carbonyl (C=O) groups is 3. The molecule has 3 rings (SSSR count). The maximum Gasteiger partial charge on any atom is 0.251 e. The number of benzene rings is 1. The van der Waals surface area contributed by atoms with E-state index in [4.69, 9.17) is 0 Å². The van der Waals surface area contributed by atoms with Crippen LogP contribution in [0, 0.1) is 5.41 Å². The monoisotopic (exact) mass is 385 g/mol. The SMILES string of the molecule is CC(NC(=O)C(C)(C)C)C(=O)N(Cc1ccc(C(=O)NC2CC2)cc1)C1CC1. The first-order valence-electron chi connectivity index (χ1n) is 10.2. The Balaban J connectivity index is 1.61. The maximum absolute atomic E-state index is 12.9. The second kappa shape index (κ2) is 7.94. The van der Waals surface area contributed by atoms with Gasteiger partial charge in [0.05, 0.1) is 0 Å². The van der Waals surface area contributed by atoms with Crippen LogP contribution in [0.3, 0.4) is 0 Å². The lowest BCUT2D eigenvalue weighted by atomic mass is 9.95. The number of nitrogens with one attached hydrogen (secondary N) is 2. The van der Waals surface area contributed by atoms with E-state index in [0.29, 0.717) is 18.2 Å². The highest BCUT2D eigenvalue weighted by atomic mass is 16.2. The highest BCUT2D eigenvalue weighted by Crippen LogP contribution is 2.29. The second-order valence-corrected chi connectivity index (χ2v) is 9.09. The molecule has 28 heavy (non-hydrogen) atoms. The van der Waals surface area contributed by atoms with Gasteiger partial charge in [-0.05, 0) is 50.3 Å². The fraction of sp³-hybridized carbons (Fsp3) is 0.591. The van der Waals surface area contributed by atoms with Crippen LogP contribution in [0.5, 0.6) is 0 Å². The summed E-state index contributed by atoms with van der Waals surface area (Å²) in [6.45, 7) is 7.73. The van der Waals surface area contributed by atoms with Gasteiger partial charge in [-0.3, -0.25) is 14.4 Å². The predicted octanol–water partition coefficient (Wildman–Crippen LogP) is 2.62. The molecule has 2 aliphatic carbocycles. The first-order chi connectivity index (χ1) is 13.1. The van der Waals surface area contributed by atoms with Gasteiger partial charge in [0.2, 0.25) is 11.8 Å². The highest BCUT2D eigenvalue weighted by molar-refractivity contribution is 5.94. The van der Waals surface area contributed by atoms with Crippen molar-refractivity contribution in [1.29, 1.82) is 0 Å². The van der Waals surface area contributed by atoms with E-state index in [9.17, 15) is 14.4 Å². The number of nitrogens with zero attached hydrogens (tertiary/aromatic N) is 1. The minimum Gasteiger partial charge on any atom is -0.349 e. The minimum absolute atomic E-state index is 0.0392. The van der Waals surface area contributed by atoms with Crippen molar-refractivity contribution in [2.45, 2.75) is 78.0 Å². The third-order valence-electron chi connectivity index (χ3n) is 5.15. The minimum atomic E-state index is -0.559. The van der Waals surface area contributed by atoms with Crippen molar-refractivity contribution in [2.24, 2.45) is 5.41 Å². The van der Waals surface area contributed by atoms with Gasteiger partial charge in [-0.1, -0.05) is 32.9 Å². The predicted molar refractivity (Wildman–Crippen MR) is 108 cm³/mol. The molecule has 2 N–H and O–H groups in total. The Morgan fingerprint density at radius 3 is 2.18 bits per heavy atom. The maximum atomic E-state index is 12.9. The summed E-state index contributed by atoms with van der Waals surface area (Å²) in [6, 6.07) is 7.45. The molecule has 0 aliphatic heterocycles. The standard InChI is InChI=1S/C22H31N3O3/c1-14(23-21(28)22(2,3)4)20(27)25(18-11-12-18)13-15-5-7-16(8-6-15)19(26)24-17-9-10-17/h5-8,14,17-18H,9-13H2,1-4H3,(H,23,28)(H,24,26). The van der Waals surface area contributed by atoms with Crippen molar-refractivity contribution in [2.75, 3.05) is 0 Å². The average molecular weight is 386 g/mol. The van der Waals surface area contributed by atoms with Gasteiger partial charge in [-0.25, -0.2) is 0 Å². The molecule has 6 nitrogen and oxygen atoms in total. The number of carbonyl (C=O) groups excluding carboxylic acids is 3. The molecule has 1 aromatic carbocycles. The van der Waals surface area contributed by atoms with Gasteiger partial charge >= 0.3 is 0 Å². The molecule has 152 valence electrons. The molecule has 0 radical (unpaired) electrons. The summed E-state index contributed by atoms with van der Waals surface area (Å²) in [4.78, 5) is 39.1. The van der Waals surface area contributed by atoms with E-state index < -0.39 is 11.5 Å². The number of amides is 3. The van der Waals surface area contributed by atoms with E-state index in [2.05, 4.69) is 10.6 Å². The van der Waals surface area contributed by atoms with E-state index >= 15 is 0 Å². The van der Waals surface area contributed by atoms with Gasteiger partial charge in [0, 0.05) is 29.6 Å². The fourth-order valence-corrected chi connectivity index (χ4v) is 2.95. The fourth-order valence-electron chi connectivity index (χ4n) is 2.95. The van der Waals surface area contributed by atoms with Gasteiger partial charge in [0.1, 0.15) is 6.04 Å². The molecule has 2 fully saturated rings. The third kappa shape index (κ3) is 5.33. The second-order valence-electron chi connectivity index (χ2n) is 9.09. The molecule has 2 aliphatic rings. The molecule has 3 amide bonds. The van der Waals surface area contributed by atoms with Crippen LogP contribution >= 0.6 is 0 Å². The molecule has 2 saturated carbocycles. The molecule has 1 atom stereocenters. The average Bonchev–Trinajstić information content (AvgIpc) is 3.52. The zero-order valence-electron chi connectivity index (χ0n) is 17.2. The smallest absolute Gasteiger partial charge is 0.251 e. The molecule has 0 bridgehead atoms. The van der Waals surface area contributed by atoms with Crippen molar-refractivity contribution in [3.05, 3.63) is 35.4 Å². The number of hydrogen-bond donors (Lipinski definition) is 2. The molecule has 0 aromatic heterocycles. The number of hydrogen-bond acceptors (Lipinski definition) is 3. The summed E-state index contributed by atoms with van der Waals surface area (Å²) >= 11 is 0. The molecule has 6 heteroatoms. The molecule has 1 aromatic rings. The Kier molecular flexibility index (Phi) is 5.77. The molecule has 1 unspecified atom stereocenters. The van der Waals surface area contributed by atoms with Crippen LogP contribution in [0.15, 0.2) is 24.3 Å². The zero-order chi connectivity index (χ0) is 20.5. The lowest BCUT2D eigenvalue weighted by molar-refractivity contribution is -0.139. The van der Waals surface area contributed by atoms with Crippen LogP contribution in [-0.2, 0) is 16.1 Å². The van der Waals surface area contributed by atoms with Crippen LogP contribution in [0.25, 0.3) is 0 Å². The lowest BCUT2D eigenvalue weighted by Gasteiger charge is -2.28. The van der Waals surface area contributed by atoms with E-state index in [1.165, 1.54) is 0 Å². The van der Waals surface area contributed by atoms with Gasteiger partial charge in [0.25, 0.3) is 5.91 Å². The summed E-state index contributed by atoms with van der Waals surface area (Å²) in [5, 5.41) is 5.81. The molecular weight excluding hydrogens is 354 g/mol. The van der Waals surface area contributed by atoms with Crippen LogP contribution in [0.1, 0.15) is 69.3 Å². The van der Waals surface area contributed by atoms with Crippen molar-refractivity contribution < 1.29 is 14.4 Å². The quantitative estimate of drug-likeness (QED) is 0.757. The Labute approximate surface area is 167 Å². The Morgan fingerprint density at radius 1 is 1.07 bits per heavy atom. The Morgan fingerprint density at radius 2 is 1.68 bits per heavy atom. The van der Waals surface area contributed by atoms with Gasteiger partial charge < -0.3 is 15.5 Å². The first-order valence-corrected chi connectivity index (χ1v) is 10.2. The Hall–Kier alpha value is -2.37. The van der Waals surface area contributed by atoms with E-state index in [1.807, 2.05) is 49.9 Å². The summed E-state index contributed by atoms with van der Waals surface area (Å²) in [5.41, 5.74) is 1.10.